The standard InChI is InChI=1S/C11H10BrFOS/c1-8(14)15-6-2-3-9-7-10(13)4-5-11(9)12/h2-5,7H,6H2,1H3. The lowest BCUT2D eigenvalue weighted by Gasteiger charge is -1.98. The predicted molar refractivity (Wildman–Crippen MR) is 66.3 cm³/mol. The smallest absolute Gasteiger partial charge is 0.186 e. The van der Waals surface area contributed by atoms with Crippen LogP contribution in [0, 0.1) is 5.82 Å². The molecule has 0 aliphatic heterocycles. The highest BCUT2D eigenvalue weighted by Gasteiger charge is 1.97. The summed E-state index contributed by atoms with van der Waals surface area (Å²) in [6.07, 6.45) is 3.63. The van der Waals surface area contributed by atoms with Crippen LogP contribution in [0.5, 0.6) is 0 Å². The first-order chi connectivity index (χ1) is 7.09. The molecule has 0 saturated carbocycles. The summed E-state index contributed by atoms with van der Waals surface area (Å²) < 4.78 is 13.7. The molecule has 0 fully saturated rings. The summed E-state index contributed by atoms with van der Waals surface area (Å²) in [7, 11) is 0. The Bertz CT molecular complexity index is 390. The summed E-state index contributed by atoms with van der Waals surface area (Å²) in [5, 5.41) is 0.0814. The zero-order chi connectivity index (χ0) is 11.3. The van der Waals surface area contributed by atoms with Crippen molar-refractivity contribution in [3.8, 4) is 0 Å². The third-order valence-corrected chi connectivity index (χ3v) is 3.13. The Hall–Kier alpha value is -0.610. The lowest BCUT2D eigenvalue weighted by molar-refractivity contribution is -0.109. The van der Waals surface area contributed by atoms with Gasteiger partial charge in [-0.3, -0.25) is 4.79 Å². The molecule has 0 radical (unpaired) electrons. The third-order valence-electron chi connectivity index (χ3n) is 1.64. The van der Waals surface area contributed by atoms with Gasteiger partial charge < -0.3 is 0 Å². The molecule has 1 rings (SSSR count). The van der Waals surface area contributed by atoms with Crippen LogP contribution >= 0.6 is 27.7 Å². The minimum absolute atomic E-state index is 0.0814. The first kappa shape index (κ1) is 12.5. The maximum atomic E-state index is 12.9. The van der Waals surface area contributed by atoms with Crippen LogP contribution in [0.2, 0.25) is 0 Å². The SMILES string of the molecule is CC(=O)SCC=Cc1cc(F)ccc1Br. The first-order valence-corrected chi connectivity index (χ1v) is 6.12. The molecule has 0 saturated heterocycles. The molecular weight excluding hydrogens is 279 g/mol. The van der Waals surface area contributed by atoms with Crippen LogP contribution in [-0.4, -0.2) is 10.9 Å². The van der Waals surface area contributed by atoms with Gasteiger partial charge in [0.1, 0.15) is 5.82 Å². The summed E-state index contributed by atoms with van der Waals surface area (Å²) in [5.41, 5.74) is 0.777. The molecule has 0 amide bonds. The maximum Gasteiger partial charge on any atom is 0.186 e. The minimum atomic E-state index is -0.267. The molecular formula is C11H10BrFOS. The lowest BCUT2D eigenvalue weighted by atomic mass is 10.2. The molecule has 0 aromatic heterocycles. The molecule has 0 atom stereocenters. The molecule has 0 heterocycles. The fourth-order valence-electron chi connectivity index (χ4n) is 0.983. The van der Waals surface area contributed by atoms with Gasteiger partial charge in [-0.05, 0) is 23.8 Å². The number of benzene rings is 1. The lowest BCUT2D eigenvalue weighted by Crippen LogP contribution is -1.83. The van der Waals surface area contributed by atoms with E-state index in [0.29, 0.717) is 5.75 Å². The zero-order valence-corrected chi connectivity index (χ0v) is 10.6. The Morgan fingerprint density at radius 2 is 2.33 bits per heavy atom. The highest BCUT2D eigenvalue weighted by atomic mass is 79.9. The van der Waals surface area contributed by atoms with Crippen LogP contribution in [0.15, 0.2) is 28.7 Å². The Kier molecular flexibility index (Phi) is 5.05. The van der Waals surface area contributed by atoms with Gasteiger partial charge in [0.25, 0.3) is 0 Å². The molecule has 80 valence electrons. The van der Waals surface area contributed by atoms with E-state index in [1.807, 2.05) is 6.08 Å². The van der Waals surface area contributed by atoms with Crippen molar-refractivity contribution in [1.82, 2.24) is 0 Å². The van der Waals surface area contributed by atoms with Gasteiger partial charge in [0, 0.05) is 17.1 Å². The molecule has 0 spiro atoms. The maximum absolute atomic E-state index is 12.9. The van der Waals surface area contributed by atoms with Gasteiger partial charge in [-0.2, -0.15) is 0 Å². The van der Waals surface area contributed by atoms with E-state index in [4.69, 9.17) is 0 Å². The van der Waals surface area contributed by atoms with E-state index in [1.54, 1.807) is 12.1 Å². The van der Waals surface area contributed by atoms with Crippen molar-refractivity contribution in [2.75, 3.05) is 5.75 Å². The minimum Gasteiger partial charge on any atom is -0.288 e. The zero-order valence-electron chi connectivity index (χ0n) is 8.17. The molecule has 0 aliphatic rings. The molecule has 1 nitrogen and oxygen atoms in total. The first-order valence-electron chi connectivity index (χ1n) is 4.34. The summed E-state index contributed by atoms with van der Waals surface area (Å²) >= 11 is 4.55. The van der Waals surface area contributed by atoms with E-state index in [1.165, 1.54) is 30.8 Å². The topological polar surface area (TPSA) is 17.1 Å². The molecule has 0 bridgehead atoms. The van der Waals surface area contributed by atoms with Crippen molar-refractivity contribution in [2.24, 2.45) is 0 Å². The Labute approximate surface area is 101 Å². The van der Waals surface area contributed by atoms with Gasteiger partial charge in [-0.25, -0.2) is 4.39 Å². The Morgan fingerprint density at radius 3 is 3.00 bits per heavy atom. The van der Waals surface area contributed by atoms with Crippen molar-refractivity contribution in [3.05, 3.63) is 40.1 Å². The van der Waals surface area contributed by atoms with E-state index < -0.39 is 0 Å². The second kappa shape index (κ2) is 6.08. The molecule has 1 aromatic rings. The predicted octanol–water partition coefficient (Wildman–Crippen LogP) is 3.88. The van der Waals surface area contributed by atoms with Crippen LogP contribution in [0.3, 0.4) is 0 Å². The summed E-state index contributed by atoms with van der Waals surface area (Å²) in [5.74, 6) is 0.343. The highest BCUT2D eigenvalue weighted by Crippen LogP contribution is 2.19. The van der Waals surface area contributed by atoms with E-state index >= 15 is 0 Å². The van der Waals surface area contributed by atoms with Gasteiger partial charge in [0.05, 0.1) is 0 Å². The van der Waals surface area contributed by atoms with Crippen LogP contribution in [0.1, 0.15) is 12.5 Å². The number of carbonyl (C=O) groups is 1. The van der Waals surface area contributed by atoms with Crippen LogP contribution in [-0.2, 0) is 4.79 Å². The second-order valence-corrected chi connectivity index (χ2v) is 4.92. The molecule has 0 unspecified atom stereocenters. The van der Waals surface area contributed by atoms with Crippen LogP contribution in [0.4, 0.5) is 4.39 Å². The molecule has 15 heavy (non-hydrogen) atoms. The van der Waals surface area contributed by atoms with Crippen molar-refractivity contribution >= 4 is 38.9 Å². The average molecular weight is 289 g/mol. The van der Waals surface area contributed by atoms with E-state index in [2.05, 4.69) is 15.9 Å². The fourth-order valence-corrected chi connectivity index (χ4v) is 1.79. The van der Waals surface area contributed by atoms with Gasteiger partial charge >= 0.3 is 0 Å². The highest BCUT2D eigenvalue weighted by molar-refractivity contribution is 9.10. The Balaban J connectivity index is 2.63. The number of thioether (sulfide) groups is 1. The van der Waals surface area contributed by atoms with Gasteiger partial charge in [0.15, 0.2) is 5.12 Å². The van der Waals surface area contributed by atoms with Crippen molar-refractivity contribution < 1.29 is 9.18 Å². The van der Waals surface area contributed by atoms with Crippen molar-refractivity contribution in [2.45, 2.75) is 6.92 Å². The second-order valence-electron chi connectivity index (χ2n) is 2.87. The number of hydrogen-bond acceptors (Lipinski definition) is 2. The van der Waals surface area contributed by atoms with E-state index in [-0.39, 0.29) is 10.9 Å². The van der Waals surface area contributed by atoms with Crippen molar-refractivity contribution in [1.29, 1.82) is 0 Å². The monoisotopic (exact) mass is 288 g/mol. The fraction of sp³-hybridized carbons (Fsp3) is 0.182. The molecule has 0 aliphatic carbocycles. The van der Waals surface area contributed by atoms with Gasteiger partial charge in [0.2, 0.25) is 0 Å². The van der Waals surface area contributed by atoms with Crippen LogP contribution < -0.4 is 0 Å². The molecule has 1 aromatic carbocycles. The van der Waals surface area contributed by atoms with Crippen molar-refractivity contribution in [3.63, 3.8) is 0 Å². The summed E-state index contributed by atoms with van der Waals surface area (Å²) in [6, 6.07) is 4.50. The number of halogens is 2. The summed E-state index contributed by atoms with van der Waals surface area (Å²) in [6.45, 7) is 1.52. The quantitative estimate of drug-likeness (QED) is 0.840. The number of carbonyl (C=O) groups excluding carboxylic acids is 1. The normalized spacial score (nSPS) is 10.9. The number of hydrogen-bond donors (Lipinski definition) is 0. The molecule has 0 N–H and O–H groups in total. The molecule has 4 heteroatoms. The summed E-state index contributed by atoms with van der Waals surface area (Å²) in [4.78, 5) is 10.6. The average Bonchev–Trinajstić information content (AvgIpc) is 2.17. The van der Waals surface area contributed by atoms with E-state index in [0.717, 1.165) is 10.0 Å². The Morgan fingerprint density at radius 1 is 1.60 bits per heavy atom. The largest absolute Gasteiger partial charge is 0.288 e. The van der Waals surface area contributed by atoms with Crippen LogP contribution in [0.25, 0.3) is 6.08 Å². The van der Waals surface area contributed by atoms with E-state index in [9.17, 15) is 9.18 Å². The third kappa shape index (κ3) is 4.62. The number of rotatable bonds is 3. The van der Waals surface area contributed by atoms with Gasteiger partial charge in [-0.15, -0.1) is 0 Å². The van der Waals surface area contributed by atoms with Gasteiger partial charge in [-0.1, -0.05) is 39.8 Å².